The Morgan fingerprint density at radius 2 is 2.04 bits per heavy atom. The number of hydrogen-bond acceptors (Lipinski definition) is 5. The lowest BCUT2D eigenvalue weighted by Crippen LogP contribution is -2.18. The van der Waals surface area contributed by atoms with Gasteiger partial charge in [0.05, 0.1) is 17.0 Å². The van der Waals surface area contributed by atoms with E-state index in [4.69, 9.17) is 0 Å². The maximum Gasteiger partial charge on any atom is 0.418 e. The van der Waals surface area contributed by atoms with Crippen LogP contribution in [-0.2, 0) is 24.4 Å². The second kappa shape index (κ2) is 8.36. The van der Waals surface area contributed by atoms with Gasteiger partial charge in [-0.05, 0) is 24.6 Å². The molecule has 0 fully saturated rings. The summed E-state index contributed by atoms with van der Waals surface area (Å²) >= 11 is 2.76. The first-order valence-electron chi connectivity index (χ1n) is 8.35. The third kappa shape index (κ3) is 4.56. The molecule has 0 aliphatic carbocycles. The number of carbonyl (C=O) groups excluding carboxylic acids is 1. The lowest BCUT2D eigenvalue weighted by atomic mass is 10.1. The number of anilines is 1. The van der Waals surface area contributed by atoms with E-state index in [9.17, 15) is 18.0 Å². The van der Waals surface area contributed by atoms with E-state index in [0.717, 1.165) is 29.8 Å². The van der Waals surface area contributed by atoms with Crippen molar-refractivity contribution in [3.05, 3.63) is 46.2 Å². The summed E-state index contributed by atoms with van der Waals surface area (Å²) < 4.78 is 40.8. The van der Waals surface area contributed by atoms with Crippen LogP contribution in [0.1, 0.15) is 17.4 Å². The van der Waals surface area contributed by atoms with Crippen LogP contribution in [0.25, 0.3) is 11.4 Å². The Bertz CT molecular complexity index is 981. The number of aromatic nitrogens is 3. The van der Waals surface area contributed by atoms with Gasteiger partial charge in [-0.15, -0.1) is 21.5 Å². The predicted molar refractivity (Wildman–Crippen MR) is 104 cm³/mol. The Labute approximate surface area is 168 Å². The Hall–Kier alpha value is -2.33. The first-order valence-corrected chi connectivity index (χ1v) is 10.2. The van der Waals surface area contributed by atoms with Crippen molar-refractivity contribution >= 4 is 34.7 Å². The van der Waals surface area contributed by atoms with E-state index >= 15 is 0 Å². The van der Waals surface area contributed by atoms with Gasteiger partial charge in [-0.1, -0.05) is 30.8 Å². The van der Waals surface area contributed by atoms with E-state index in [1.807, 2.05) is 11.4 Å². The molecule has 0 spiro atoms. The van der Waals surface area contributed by atoms with Gasteiger partial charge in [0.25, 0.3) is 0 Å². The highest BCUT2D eigenvalue weighted by atomic mass is 32.2. The second-order valence-electron chi connectivity index (χ2n) is 5.90. The van der Waals surface area contributed by atoms with Gasteiger partial charge in [0.2, 0.25) is 5.91 Å². The summed E-state index contributed by atoms with van der Waals surface area (Å²) in [5, 5.41) is 13.1. The smallest absolute Gasteiger partial charge is 0.325 e. The Kier molecular flexibility index (Phi) is 6.09. The van der Waals surface area contributed by atoms with Crippen molar-refractivity contribution in [2.75, 3.05) is 11.1 Å². The molecule has 0 bridgehead atoms. The lowest BCUT2D eigenvalue weighted by molar-refractivity contribution is -0.137. The molecule has 148 valence electrons. The molecule has 28 heavy (non-hydrogen) atoms. The number of thiophene rings is 1. The predicted octanol–water partition coefficient (Wildman–Crippen LogP) is 4.86. The summed E-state index contributed by atoms with van der Waals surface area (Å²) in [6, 6.07) is 6.93. The summed E-state index contributed by atoms with van der Waals surface area (Å²) in [6.07, 6.45) is -3.60. The van der Waals surface area contributed by atoms with Gasteiger partial charge in [0, 0.05) is 22.9 Å². The van der Waals surface area contributed by atoms with Crippen LogP contribution in [0.3, 0.4) is 0 Å². The van der Waals surface area contributed by atoms with Crippen molar-refractivity contribution < 1.29 is 18.0 Å². The molecule has 2 aromatic heterocycles. The fraction of sp³-hybridized carbons (Fsp3) is 0.278. The summed E-state index contributed by atoms with van der Waals surface area (Å²) in [7, 11) is 1.79. The molecular weight excluding hydrogens is 409 g/mol. The highest BCUT2D eigenvalue weighted by molar-refractivity contribution is 7.99. The van der Waals surface area contributed by atoms with E-state index < -0.39 is 17.6 Å². The first kappa shape index (κ1) is 20.4. The third-order valence-corrected chi connectivity index (χ3v) is 6.04. The molecule has 0 saturated heterocycles. The average Bonchev–Trinajstić information content (AvgIpc) is 3.26. The number of benzene rings is 1. The number of halogens is 3. The zero-order valence-electron chi connectivity index (χ0n) is 15.1. The Morgan fingerprint density at radius 1 is 1.29 bits per heavy atom. The van der Waals surface area contributed by atoms with E-state index in [1.165, 1.54) is 23.1 Å². The van der Waals surface area contributed by atoms with Crippen LogP contribution in [0.15, 0.2) is 40.9 Å². The standard InChI is InChI=1S/C18H17F3N4OS2/c1-3-12-8-11(9-27-12)16-23-24-17(25(16)2)28-10-15(26)22-14-7-5-4-6-13(14)18(19,20)21/h4-9H,3,10H2,1-2H3,(H,22,26). The molecule has 0 radical (unpaired) electrons. The number of nitrogens with zero attached hydrogens (tertiary/aromatic N) is 3. The maximum atomic E-state index is 13.0. The quantitative estimate of drug-likeness (QED) is 0.572. The Balaban J connectivity index is 1.66. The number of para-hydroxylation sites is 1. The molecule has 2 heterocycles. The molecule has 1 N–H and O–H groups in total. The lowest BCUT2D eigenvalue weighted by Gasteiger charge is -2.13. The van der Waals surface area contributed by atoms with Gasteiger partial charge < -0.3 is 9.88 Å². The van der Waals surface area contributed by atoms with E-state index in [0.29, 0.717) is 11.0 Å². The number of carbonyl (C=O) groups is 1. The summed E-state index contributed by atoms with van der Waals surface area (Å²) in [4.78, 5) is 13.4. The summed E-state index contributed by atoms with van der Waals surface area (Å²) in [5.74, 6) is 0.0542. The number of nitrogens with one attached hydrogen (secondary N) is 1. The number of thioether (sulfide) groups is 1. The normalized spacial score (nSPS) is 11.6. The number of amides is 1. The molecule has 0 aliphatic rings. The highest BCUT2D eigenvalue weighted by Crippen LogP contribution is 2.34. The van der Waals surface area contributed by atoms with E-state index in [2.05, 4.69) is 22.4 Å². The van der Waals surface area contributed by atoms with Gasteiger partial charge in [-0.3, -0.25) is 4.79 Å². The third-order valence-electron chi connectivity index (χ3n) is 3.93. The first-order chi connectivity index (χ1) is 13.3. The zero-order chi connectivity index (χ0) is 20.3. The van der Waals surface area contributed by atoms with Crippen LogP contribution in [0.4, 0.5) is 18.9 Å². The van der Waals surface area contributed by atoms with Crippen molar-refractivity contribution in [3.63, 3.8) is 0 Å². The van der Waals surface area contributed by atoms with Gasteiger partial charge >= 0.3 is 6.18 Å². The van der Waals surface area contributed by atoms with Crippen molar-refractivity contribution in [1.29, 1.82) is 0 Å². The molecule has 0 unspecified atom stereocenters. The van der Waals surface area contributed by atoms with E-state index in [1.54, 1.807) is 23.0 Å². The average molecular weight is 426 g/mol. The summed E-state index contributed by atoms with van der Waals surface area (Å²) in [5.41, 5.74) is -0.185. The minimum absolute atomic E-state index is 0.0813. The fourth-order valence-electron chi connectivity index (χ4n) is 2.53. The van der Waals surface area contributed by atoms with Crippen LogP contribution in [0.5, 0.6) is 0 Å². The number of rotatable bonds is 6. The van der Waals surface area contributed by atoms with Crippen LogP contribution in [0, 0.1) is 0 Å². The van der Waals surface area contributed by atoms with Crippen molar-refractivity contribution in [3.8, 4) is 11.4 Å². The summed E-state index contributed by atoms with van der Waals surface area (Å²) in [6.45, 7) is 2.07. The number of alkyl halides is 3. The van der Waals surface area contributed by atoms with Crippen molar-refractivity contribution in [1.82, 2.24) is 14.8 Å². The van der Waals surface area contributed by atoms with Crippen LogP contribution >= 0.6 is 23.1 Å². The van der Waals surface area contributed by atoms with Crippen LogP contribution in [0.2, 0.25) is 0 Å². The largest absolute Gasteiger partial charge is 0.418 e. The SMILES string of the molecule is CCc1cc(-c2nnc(SCC(=O)Nc3ccccc3C(F)(F)F)n2C)cs1. The van der Waals surface area contributed by atoms with Crippen molar-refractivity contribution in [2.24, 2.45) is 7.05 Å². The van der Waals surface area contributed by atoms with Gasteiger partial charge in [0.1, 0.15) is 0 Å². The number of hydrogen-bond donors (Lipinski definition) is 1. The fourth-order valence-corrected chi connectivity index (χ4v) is 4.06. The Morgan fingerprint density at radius 3 is 2.71 bits per heavy atom. The van der Waals surface area contributed by atoms with Crippen molar-refractivity contribution in [2.45, 2.75) is 24.7 Å². The van der Waals surface area contributed by atoms with Gasteiger partial charge in [0.15, 0.2) is 11.0 Å². The molecule has 5 nitrogen and oxygen atoms in total. The van der Waals surface area contributed by atoms with Crippen LogP contribution < -0.4 is 5.32 Å². The maximum absolute atomic E-state index is 13.0. The monoisotopic (exact) mass is 426 g/mol. The second-order valence-corrected chi connectivity index (χ2v) is 7.84. The molecule has 3 aromatic rings. The highest BCUT2D eigenvalue weighted by Gasteiger charge is 2.33. The molecular formula is C18H17F3N4OS2. The molecule has 3 rings (SSSR count). The van der Waals surface area contributed by atoms with E-state index in [-0.39, 0.29) is 11.4 Å². The molecule has 0 atom stereocenters. The molecule has 0 saturated carbocycles. The minimum atomic E-state index is -4.53. The van der Waals surface area contributed by atoms with Gasteiger partial charge in [-0.2, -0.15) is 13.2 Å². The zero-order valence-corrected chi connectivity index (χ0v) is 16.7. The van der Waals surface area contributed by atoms with Gasteiger partial charge in [-0.25, -0.2) is 0 Å². The topological polar surface area (TPSA) is 59.8 Å². The molecule has 0 aliphatic heterocycles. The minimum Gasteiger partial charge on any atom is -0.325 e. The molecule has 10 heteroatoms. The number of aryl methyl sites for hydroxylation is 1. The molecule has 1 amide bonds. The molecule has 1 aromatic carbocycles. The van der Waals surface area contributed by atoms with Crippen LogP contribution in [-0.4, -0.2) is 26.4 Å².